The number of nitrogens with zero attached hydrogens (tertiary/aromatic N) is 2. The summed E-state index contributed by atoms with van der Waals surface area (Å²) in [7, 11) is 0. The molecule has 0 saturated carbocycles. The number of hydrogen-bond donors (Lipinski definition) is 2. The molecule has 7 rings (SSSR count). The summed E-state index contributed by atoms with van der Waals surface area (Å²) in [6, 6.07) is 46.2. The predicted molar refractivity (Wildman–Crippen MR) is 185 cm³/mol. The van der Waals surface area contributed by atoms with E-state index in [0.29, 0.717) is 45.4 Å². The number of hydrogen-bond acceptors (Lipinski definition) is 5. The predicted octanol–water partition coefficient (Wildman–Crippen LogP) is 9.87. The van der Waals surface area contributed by atoms with E-state index in [0.717, 1.165) is 22.3 Å². The minimum absolute atomic E-state index is 0.149. The minimum Gasteiger partial charge on any atom is -0.507 e. The summed E-state index contributed by atoms with van der Waals surface area (Å²) in [4.78, 5) is 10.3. The highest BCUT2D eigenvalue weighted by Crippen LogP contribution is 2.54. The van der Waals surface area contributed by atoms with Gasteiger partial charge in [-0.25, -0.2) is 9.98 Å². The number of benzene rings is 6. The highest BCUT2D eigenvalue weighted by molar-refractivity contribution is 6.16. The zero-order valence-electron chi connectivity index (χ0n) is 25.6. The van der Waals surface area contributed by atoms with E-state index >= 15 is 0 Å². The Kier molecular flexibility index (Phi) is 7.43. The van der Waals surface area contributed by atoms with Crippen molar-refractivity contribution in [2.24, 2.45) is 9.98 Å². The molecule has 1 aliphatic heterocycles. The number of para-hydroxylation sites is 4. The van der Waals surface area contributed by atoms with Gasteiger partial charge < -0.3 is 14.9 Å². The standard InChI is InChI=1S/C41H32N2O3/c1-41(2)31-21-13-23-33(42-37(27-15-5-3-6-16-27)29-19-9-11-25-35(29)44)39(31)46-40-32(41)22-14-24-34(40)43-38(28-17-7-4-8-18-28)30-20-10-12-26-36(30)45/h3-26,44-45H,1-2H3. The van der Waals surface area contributed by atoms with Crippen LogP contribution >= 0.6 is 0 Å². The summed E-state index contributed by atoms with van der Waals surface area (Å²) in [6.45, 7) is 4.35. The molecule has 0 aliphatic carbocycles. The van der Waals surface area contributed by atoms with E-state index in [9.17, 15) is 10.2 Å². The van der Waals surface area contributed by atoms with E-state index in [1.165, 1.54) is 0 Å². The maximum atomic E-state index is 10.9. The zero-order valence-corrected chi connectivity index (χ0v) is 25.6. The lowest BCUT2D eigenvalue weighted by Crippen LogP contribution is -2.24. The quantitative estimate of drug-likeness (QED) is 0.187. The van der Waals surface area contributed by atoms with Crippen LogP contribution < -0.4 is 4.74 Å². The van der Waals surface area contributed by atoms with Crippen molar-refractivity contribution >= 4 is 22.8 Å². The largest absolute Gasteiger partial charge is 0.507 e. The number of aliphatic imine (C=N–C) groups is 2. The van der Waals surface area contributed by atoms with Crippen LogP contribution in [0.25, 0.3) is 0 Å². The molecule has 0 amide bonds. The fourth-order valence-electron chi connectivity index (χ4n) is 6.01. The first kappa shape index (κ1) is 28.8. The maximum Gasteiger partial charge on any atom is 0.157 e. The fraction of sp³-hybridized carbons (Fsp3) is 0.0732. The molecule has 6 aromatic rings. The number of fused-ring (bicyclic) bond motifs is 2. The molecule has 0 unspecified atom stereocenters. The Balaban J connectivity index is 1.42. The van der Waals surface area contributed by atoms with E-state index in [1.807, 2.05) is 109 Å². The van der Waals surface area contributed by atoms with Gasteiger partial charge in [-0.05, 0) is 36.4 Å². The molecule has 5 nitrogen and oxygen atoms in total. The Morgan fingerprint density at radius 3 is 1.28 bits per heavy atom. The smallest absolute Gasteiger partial charge is 0.157 e. The third-order valence-corrected chi connectivity index (χ3v) is 8.42. The number of rotatable bonds is 6. The van der Waals surface area contributed by atoms with E-state index in [-0.39, 0.29) is 11.5 Å². The lowest BCUT2D eigenvalue weighted by molar-refractivity contribution is 0.420. The SMILES string of the molecule is CC1(C)c2cccc(N=C(c3ccccc3)c3ccccc3O)c2Oc2c(N=C(c3ccccc3)c3ccccc3O)cccc21. The Hall–Kier alpha value is -5.94. The number of aromatic hydroxyl groups is 2. The topological polar surface area (TPSA) is 74.4 Å². The molecule has 5 heteroatoms. The second kappa shape index (κ2) is 11.9. The van der Waals surface area contributed by atoms with Gasteiger partial charge in [-0.2, -0.15) is 0 Å². The summed E-state index contributed by atoms with van der Waals surface area (Å²) < 4.78 is 6.84. The Morgan fingerprint density at radius 1 is 0.478 bits per heavy atom. The molecule has 224 valence electrons. The third kappa shape index (κ3) is 5.22. The summed E-state index contributed by atoms with van der Waals surface area (Å²) in [5, 5.41) is 21.7. The summed E-state index contributed by atoms with van der Waals surface area (Å²) in [6.07, 6.45) is 0. The lowest BCUT2D eigenvalue weighted by Gasteiger charge is -2.35. The van der Waals surface area contributed by atoms with Gasteiger partial charge >= 0.3 is 0 Å². The van der Waals surface area contributed by atoms with Gasteiger partial charge in [-0.3, -0.25) is 0 Å². The Bertz CT molecular complexity index is 1970. The normalized spacial score (nSPS) is 13.8. The first-order chi connectivity index (χ1) is 22.4. The highest BCUT2D eigenvalue weighted by atomic mass is 16.5. The fourth-order valence-corrected chi connectivity index (χ4v) is 6.01. The molecule has 1 heterocycles. The molecule has 1 aliphatic rings. The van der Waals surface area contributed by atoms with Crippen LogP contribution in [0.2, 0.25) is 0 Å². The van der Waals surface area contributed by atoms with Crippen molar-refractivity contribution in [3.05, 3.63) is 179 Å². The van der Waals surface area contributed by atoms with Crippen molar-refractivity contribution in [3.63, 3.8) is 0 Å². The average molecular weight is 601 g/mol. The van der Waals surface area contributed by atoms with Gasteiger partial charge in [0.15, 0.2) is 11.5 Å². The van der Waals surface area contributed by atoms with Gasteiger partial charge in [0.2, 0.25) is 0 Å². The molecule has 6 aromatic carbocycles. The van der Waals surface area contributed by atoms with Crippen LogP contribution in [0.15, 0.2) is 156 Å². The summed E-state index contributed by atoms with van der Waals surface area (Å²) >= 11 is 0. The minimum atomic E-state index is -0.441. The summed E-state index contributed by atoms with van der Waals surface area (Å²) in [5.41, 5.74) is 7.10. The van der Waals surface area contributed by atoms with E-state index in [1.54, 1.807) is 24.3 Å². The van der Waals surface area contributed by atoms with Crippen molar-refractivity contribution in [2.75, 3.05) is 0 Å². The average Bonchev–Trinajstić information content (AvgIpc) is 3.08. The number of phenols is 2. The van der Waals surface area contributed by atoms with Crippen molar-refractivity contribution in [1.82, 2.24) is 0 Å². The first-order valence-corrected chi connectivity index (χ1v) is 15.2. The molecular weight excluding hydrogens is 568 g/mol. The van der Waals surface area contributed by atoms with Crippen LogP contribution in [0.5, 0.6) is 23.0 Å². The second-order valence-electron chi connectivity index (χ2n) is 11.7. The van der Waals surface area contributed by atoms with E-state index in [4.69, 9.17) is 14.7 Å². The molecule has 46 heavy (non-hydrogen) atoms. The molecule has 2 N–H and O–H groups in total. The van der Waals surface area contributed by atoms with Crippen LogP contribution in [-0.4, -0.2) is 21.6 Å². The van der Waals surface area contributed by atoms with Gasteiger partial charge in [-0.15, -0.1) is 0 Å². The van der Waals surface area contributed by atoms with E-state index in [2.05, 4.69) is 26.0 Å². The molecule has 0 aromatic heterocycles. The molecule has 0 radical (unpaired) electrons. The van der Waals surface area contributed by atoms with Crippen LogP contribution in [0.4, 0.5) is 11.4 Å². The number of ether oxygens (including phenoxy) is 1. The van der Waals surface area contributed by atoms with Crippen molar-refractivity contribution in [3.8, 4) is 23.0 Å². The van der Waals surface area contributed by atoms with Crippen molar-refractivity contribution < 1.29 is 14.9 Å². The van der Waals surface area contributed by atoms with Gasteiger partial charge in [0.1, 0.15) is 22.9 Å². The molecule has 0 bridgehead atoms. The number of phenolic OH excluding ortho intramolecular Hbond substituents is 2. The van der Waals surface area contributed by atoms with E-state index < -0.39 is 5.41 Å². The van der Waals surface area contributed by atoms with Crippen LogP contribution in [0.1, 0.15) is 47.2 Å². The zero-order chi connectivity index (χ0) is 31.7. The lowest BCUT2D eigenvalue weighted by atomic mass is 9.75. The van der Waals surface area contributed by atoms with Crippen LogP contribution in [0, 0.1) is 0 Å². The van der Waals surface area contributed by atoms with Gasteiger partial charge in [-0.1, -0.05) is 123 Å². The molecule has 0 fully saturated rings. The van der Waals surface area contributed by atoms with Crippen molar-refractivity contribution in [2.45, 2.75) is 19.3 Å². The van der Waals surface area contributed by atoms with Crippen LogP contribution in [0.3, 0.4) is 0 Å². The molecule has 0 saturated heterocycles. The molecule has 0 atom stereocenters. The summed E-state index contributed by atoms with van der Waals surface area (Å²) in [5.74, 6) is 1.57. The van der Waals surface area contributed by atoms with Crippen LogP contribution in [-0.2, 0) is 5.41 Å². The third-order valence-electron chi connectivity index (χ3n) is 8.42. The first-order valence-electron chi connectivity index (χ1n) is 15.2. The molecule has 0 spiro atoms. The molecular formula is C41H32N2O3. The second-order valence-corrected chi connectivity index (χ2v) is 11.7. The van der Waals surface area contributed by atoms with Gasteiger partial charge in [0.25, 0.3) is 0 Å². The monoisotopic (exact) mass is 600 g/mol. The highest BCUT2D eigenvalue weighted by Gasteiger charge is 2.37. The Morgan fingerprint density at radius 2 is 0.870 bits per heavy atom. The van der Waals surface area contributed by atoms with Gasteiger partial charge in [0.05, 0.1) is 11.4 Å². The maximum absolute atomic E-state index is 10.9. The van der Waals surface area contributed by atoms with Crippen molar-refractivity contribution in [1.29, 1.82) is 0 Å². The Labute approximate surface area is 268 Å². The van der Waals surface area contributed by atoms with Gasteiger partial charge in [0, 0.05) is 38.8 Å².